The topological polar surface area (TPSA) is 102 Å². The number of nitrogens with zero attached hydrogens (tertiary/aromatic N) is 1. The van der Waals surface area contributed by atoms with Gasteiger partial charge in [0.15, 0.2) is 6.10 Å². The number of quaternary nitrogens is 1. The minimum atomic E-state index is -1.13. The van der Waals surface area contributed by atoms with Crippen LogP contribution in [0.15, 0.2) is 60.8 Å². The monoisotopic (exact) mass is 730 g/mol. The van der Waals surface area contributed by atoms with Gasteiger partial charge in [-0.1, -0.05) is 120 Å². The Kier molecular flexibility index (Phi) is 33.1. The molecule has 0 fully saturated rings. The van der Waals surface area contributed by atoms with Crippen molar-refractivity contribution in [2.75, 3.05) is 41.0 Å². The number of aliphatic carboxylic acids is 1. The highest BCUT2D eigenvalue weighted by Gasteiger charge is 2.25. The molecule has 0 aliphatic rings. The summed E-state index contributed by atoms with van der Waals surface area (Å²) >= 11 is 0. The van der Waals surface area contributed by atoms with Gasteiger partial charge in [-0.15, -0.1) is 0 Å². The Morgan fingerprint density at radius 1 is 0.577 bits per heavy atom. The van der Waals surface area contributed by atoms with Gasteiger partial charge < -0.3 is 28.6 Å². The molecule has 8 heteroatoms. The van der Waals surface area contributed by atoms with Crippen molar-refractivity contribution < 1.29 is 38.2 Å². The molecule has 0 bridgehead atoms. The van der Waals surface area contributed by atoms with Gasteiger partial charge in [0.05, 0.1) is 40.3 Å². The summed E-state index contributed by atoms with van der Waals surface area (Å²) < 4.78 is 17.1. The van der Waals surface area contributed by atoms with E-state index in [-0.39, 0.29) is 42.7 Å². The number of unbranched alkanes of at least 4 members (excludes halogenated alkanes) is 11. The van der Waals surface area contributed by atoms with Gasteiger partial charge in [0.1, 0.15) is 12.6 Å². The van der Waals surface area contributed by atoms with Crippen molar-refractivity contribution in [1.29, 1.82) is 0 Å². The second-order valence-corrected chi connectivity index (χ2v) is 14.5. The molecule has 0 aliphatic heterocycles. The standard InChI is InChI=1S/C44H75NO7/c1-6-8-10-12-14-16-18-20-21-22-23-25-26-28-30-32-34-42(46)51-39-40(38-50-37-36-41(44(48)49)45(3,4)5)52-43(47)35-33-31-29-27-24-19-17-15-13-11-9-7-2/h8-11,14-17,20-21,40-41H,6-7,12-13,18-19,22-39H2,1-5H3/b10-8+,11-9+,16-14+,17-15+,21-20+. The third-order valence-corrected chi connectivity index (χ3v) is 8.65. The first-order valence-corrected chi connectivity index (χ1v) is 20.3. The number of hydrogen-bond acceptors (Lipinski definition) is 7. The summed E-state index contributed by atoms with van der Waals surface area (Å²) in [5.74, 6) is -1.78. The Hall–Kier alpha value is -2.97. The van der Waals surface area contributed by atoms with Crippen molar-refractivity contribution >= 4 is 17.9 Å². The Morgan fingerprint density at radius 2 is 1.02 bits per heavy atom. The van der Waals surface area contributed by atoms with Crippen LogP contribution in [0.5, 0.6) is 0 Å². The van der Waals surface area contributed by atoms with Gasteiger partial charge in [0.25, 0.3) is 0 Å². The van der Waals surface area contributed by atoms with E-state index in [1.54, 1.807) is 21.1 Å². The summed E-state index contributed by atoms with van der Waals surface area (Å²) in [7, 11) is 5.38. The van der Waals surface area contributed by atoms with E-state index >= 15 is 0 Å². The van der Waals surface area contributed by atoms with Crippen LogP contribution in [-0.2, 0) is 28.6 Å². The molecular formula is C44H75NO7. The van der Waals surface area contributed by atoms with Crippen LogP contribution in [0.25, 0.3) is 0 Å². The minimum absolute atomic E-state index is 0.0280. The van der Waals surface area contributed by atoms with E-state index in [2.05, 4.69) is 74.6 Å². The van der Waals surface area contributed by atoms with E-state index in [1.165, 1.54) is 12.8 Å². The van der Waals surface area contributed by atoms with Gasteiger partial charge >= 0.3 is 11.9 Å². The van der Waals surface area contributed by atoms with Crippen molar-refractivity contribution in [1.82, 2.24) is 0 Å². The summed E-state index contributed by atoms with van der Waals surface area (Å²) in [4.78, 5) is 36.7. The van der Waals surface area contributed by atoms with E-state index in [9.17, 15) is 19.5 Å². The molecule has 0 aromatic carbocycles. The summed E-state index contributed by atoms with van der Waals surface area (Å²) in [5, 5.41) is 11.6. The van der Waals surface area contributed by atoms with E-state index in [1.807, 2.05) is 0 Å². The molecule has 298 valence electrons. The van der Waals surface area contributed by atoms with Crippen LogP contribution in [-0.4, -0.2) is 75.5 Å². The molecule has 0 aliphatic carbocycles. The number of carboxylic acids is 1. The highest BCUT2D eigenvalue weighted by atomic mass is 16.6. The second kappa shape index (κ2) is 35.1. The van der Waals surface area contributed by atoms with Gasteiger partial charge in [0, 0.05) is 19.3 Å². The molecule has 0 heterocycles. The van der Waals surface area contributed by atoms with Crippen LogP contribution < -0.4 is 5.11 Å². The number of carboxylic acid groups (broad SMARTS) is 1. The zero-order valence-electron chi connectivity index (χ0n) is 33.7. The number of hydrogen-bond donors (Lipinski definition) is 0. The summed E-state index contributed by atoms with van der Waals surface area (Å²) in [6.07, 6.45) is 41.0. The number of likely N-dealkylation sites (N-methyl/N-ethyl adjacent to an activating group) is 1. The fourth-order valence-corrected chi connectivity index (χ4v) is 5.53. The lowest BCUT2D eigenvalue weighted by molar-refractivity contribution is -0.889. The van der Waals surface area contributed by atoms with Gasteiger partial charge in [0.2, 0.25) is 0 Å². The molecular weight excluding hydrogens is 654 g/mol. The lowest BCUT2D eigenvalue weighted by atomic mass is 10.1. The lowest BCUT2D eigenvalue weighted by Crippen LogP contribution is -2.55. The molecule has 8 nitrogen and oxygen atoms in total. The number of carbonyl (C=O) groups excluding carboxylic acids is 3. The summed E-state index contributed by atoms with van der Waals surface area (Å²) in [6.45, 7) is 4.39. The first kappa shape index (κ1) is 49.0. The summed E-state index contributed by atoms with van der Waals surface area (Å²) in [6, 6.07) is -0.731. The average molecular weight is 730 g/mol. The molecule has 0 aromatic heterocycles. The van der Waals surface area contributed by atoms with Gasteiger partial charge in [-0.25, -0.2) is 0 Å². The predicted molar refractivity (Wildman–Crippen MR) is 212 cm³/mol. The quantitative estimate of drug-likeness (QED) is 0.0277. The first-order valence-electron chi connectivity index (χ1n) is 20.3. The van der Waals surface area contributed by atoms with E-state index in [0.29, 0.717) is 12.8 Å². The number of carbonyl (C=O) groups is 3. The van der Waals surface area contributed by atoms with E-state index in [0.717, 1.165) is 103 Å². The molecule has 2 atom stereocenters. The van der Waals surface area contributed by atoms with Crippen LogP contribution in [0, 0.1) is 0 Å². The second-order valence-electron chi connectivity index (χ2n) is 14.5. The maximum Gasteiger partial charge on any atom is 0.306 e. The molecule has 0 radical (unpaired) electrons. The molecule has 0 aromatic rings. The normalized spacial score (nSPS) is 13.6. The maximum absolute atomic E-state index is 12.6. The van der Waals surface area contributed by atoms with Crippen LogP contribution in [0.4, 0.5) is 0 Å². The third-order valence-electron chi connectivity index (χ3n) is 8.65. The van der Waals surface area contributed by atoms with Crippen molar-refractivity contribution in [3.05, 3.63) is 60.8 Å². The minimum Gasteiger partial charge on any atom is -0.544 e. The highest BCUT2D eigenvalue weighted by Crippen LogP contribution is 2.13. The number of allylic oxidation sites excluding steroid dienone is 10. The van der Waals surface area contributed by atoms with Crippen LogP contribution in [0.2, 0.25) is 0 Å². The van der Waals surface area contributed by atoms with Gasteiger partial charge in [-0.05, 0) is 70.6 Å². The van der Waals surface area contributed by atoms with Crippen molar-refractivity contribution in [2.24, 2.45) is 0 Å². The van der Waals surface area contributed by atoms with Crippen molar-refractivity contribution in [3.63, 3.8) is 0 Å². The molecule has 0 saturated carbocycles. The highest BCUT2D eigenvalue weighted by molar-refractivity contribution is 5.70. The molecule has 0 amide bonds. The Balaban J connectivity index is 4.42. The molecule has 0 N–H and O–H groups in total. The van der Waals surface area contributed by atoms with Gasteiger partial charge in [-0.2, -0.15) is 0 Å². The Bertz CT molecular complexity index is 1040. The van der Waals surface area contributed by atoms with Gasteiger partial charge in [-0.3, -0.25) is 9.59 Å². The average Bonchev–Trinajstić information content (AvgIpc) is 3.09. The van der Waals surface area contributed by atoms with E-state index < -0.39 is 18.1 Å². The maximum atomic E-state index is 12.6. The summed E-state index contributed by atoms with van der Waals surface area (Å²) in [5.41, 5.74) is 0. The lowest BCUT2D eigenvalue weighted by Gasteiger charge is -2.34. The zero-order chi connectivity index (χ0) is 38.5. The van der Waals surface area contributed by atoms with Crippen LogP contribution in [0.1, 0.15) is 149 Å². The smallest absolute Gasteiger partial charge is 0.306 e. The number of rotatable bonds is 35. The molecule has 52 heavy (non-hydrogen) atoms. The van der Waals surface area contributed by atoms with E-state index in [4.69, 9.17) is 14.2 Å². The largest absolute Gasteiger partial charge is 0.544 e. The Labute approximate surface area is 318 Å². The molecule has 0 spiro atoms. The third kappa shape index (κ3) is 32.9. The fraction of sp³-hybridized carbons (Fsp3) is 0.705. The SMILES string of the molecule is CC/C=C/C/C=C/C/C=C/CCCCCCCCC(=O)OCC(COCCC(C(=O)[O-])[N+](C)(C)C)OC(=O)CCCCCCC/C=C/C/C=C/CC. The van der Waals surface area contributed by atoms with Crippen LogP contribution >= 0.6 is 0 Å². The number of ether oxygens (including phenoxy) is 3. The van der Waals surface area contributed by atoms with Crippen LogP contribution in [0.3, 0.4) is 0 Å². The van der Waals surface area contributed by atoms with Crippen molar-refractivity contribution in [2.45, 2.75) is 161 Å². The van der Waals surface area contributed by atoms with Crippen molar-refractivity contribution in [3.8, 4) is 0 Å². The Morgan fingerprint density at radius 3 is 1.50 bits per heavy atom. The molecule has 0 saturated heterocycles. The molecule has 0 rings (SSSR count). The fourth-order valence-electron chi connectivity index (χ4n) is 5.53. The first-order chi connectivity index (χ1) is 25.1. The molecule has 2 unspecified atom stereocenters. The predicted octanol–water partition coefficient (Wildman–Crippen LogP) is 9.30. The number of esters is 2. The zero-order valence-corrected chi connectivity index (χ0v) is 33.7.